The Morgan fingerprint density at radius 2 is 1.64 bits per heavy atom. The summed E-state index contributed by atoms with van der Waals surface area (Å²) in [5.74, 6) is -4.26. The first-order chi connectivity index (χ1) is 15.7. The van der Waals surface area contributed by atoms with Gasteiger partial charge in [-0.1, -0.05) is 17.7 Å². The molecule has 0 bridgehead atoms. The molecule has 1 amide bonds. The van der Waals surface area contributed by atoms with Gasteiger partial charge in [-0.25, -0.2) is 8.78 Å². The van der Waals surface area contributed by atoms with Gasteiger partial charge in [-0.2, -0.15) is 0 Å². The van der Waals surface area contributed by atoms with Crippen LogP contribution in [0.4, 0.5) is 8.78 Å². The van der Waals surface area contributed by atoms with Crippen LogP contribution in [0.15, 0.2) is 36.4 Å². The first-order valence-electron chi connectivity index (χ1n) is 11.0. The second-order valence-electron chi connectivity index (χ2n) is 8.34. The number of hydrogen-bond acceptors (Lipinski definition) is 4. The summed E-state index contributed by atoms with van der Waals surface area (Å²) in [7, 11) is 0. The molecule has 0 saturated heterocycles. The van der Waals surface area contributed by atoms with Crippen LogP contribution in [0.3, 0.4) is 0 Å². The molecule has 0 radical (unpaired) electrons. The largest absolute Gasteiger partial charge is 0.490 e. The number of carboxylic acid groups (broad SMARTS) is 1. The number of halogens is 2. The minimum absolute atomic E-state index is 0.0225. The average molecular weight is 459 g/mol. The molecule has 6 nitrogen and oxygen atoms in total. The lowest BCUT2D eigenvalue weighted by molar-refractivity contribution is -0.143. The highest BCUT2D eigenvalue weighted by molar-refractivity contribution is 5.97. The average Bonchev–Trinajstić information content (AvgIpc) is 2.77. The number of carbonyl (C=O) groups excluding carboxylic acids is 2. The monoisotopic (exact) mass is 459 g/mol. The molecule has 0 atom stereocenters. The number of carbonyl (C=O) groups is 3. The lowest BCUT2D eigenvalue weighted by Crippen LogP contribution is -2.28. The Morgan fingerprint density at radius 3 is 2.21 bits per heavy atom. The summed E-state index contributed by atoms with van der Waals surface area (Å²) in [6, 6.07) is 9.00. The van der Waals surface area contributed by atoms with Gasteiger partial charge in [0, 0.05) is 30.7 Å². The molecule has 0 spiro atoms. The summed E-state index contributed by atoms with van der Waals surface area (Å²) in [4.78, 5) is 35.4. The molecule has 2 aromatic carbocycles. The third-order valence-electron chi connectivity index (χ3n) is 5.80. The molecule has 1 aliphatic rings. The normalized spacial score (nSPS) is 17.9. The van der Waals surface area contributed by atoms with Gasteiger partial charge in [0.2, 0.25) is 0 Å². The van der Waals surface area contributed by atoms with Crippen LogP contribution >= 0.6 is 0 Å². The first-order valence-corrected chi connectivity index (χ1v) is 11.0. The van der Waals surface area contributed by atoms with Crippen molar-refractivity contribution in [1.29, 1.82) is 0 Å². The van der Waals surface area contributed by atoms with Crippen LogP contribution in [0.1, 0.15) is 64.8 Å². The Morgan fingerprint density at radius 1 is 1.03 bits per heavy atom. The zero-order chi connectivity index (χ0) is 24.0. The number of aliphatic carboxylic acids is 1. The number of Topliss-reactive ketones (excluding diaryl/α,β-unsaturated/α-hetero) is 1. The number of benzene rings is 2. The van der Waals surface area contributed by atoms with Crippen molar-refractivity contribution in [1.82, 2.24) is 5.32 Å². The molecule has 0 unspecified atom stereocenters. The van der Waals surface area contributed by atoms with Gasteiger partial charge in [0.25, 0.3) is 5.91 Å². The van der Waals surface area contributed by atoms with E-state index >= 15 is 0 Å². The molecule has 8 heteroatoms. The topological polar surface area (TPSA) is 92.7 Å². The van der Waals surface area contributed by atoms with Crippen LogP contribution in [0.25, 0.3) is 0 Å². The molecule has 176 valence electrons. The van der Waals surface area contributed by atoms with Gasteiger partial charge in [0.15, 0.2) is 5.78 Å². The van der Waals surface area contributed by atoms with E-state index in [1.807, 2.05) is 19.1 Å². The molecule has 0 aliphatic heterocycles. The number of ketones is 1. The van der Waals surface area contributed by atoms with E-state index in [9.17, 15) is 23.2 Å². The molecule has 1 saturated carbocycles. The Balaban J connectivity index is 1.49. The minimum Gasteiger partial charge on any atom is -0.490 e. The van der Waals surface area contributed by atoms with Gasteiger partial charge >= 0.3 is 5.97 Å². The van der Waals surface area contributed by atoms with Crippen molar-refractivity contribution >= 4 is 17.7 Å². The van der Waals surface area contributed by atoms with Gasteiger partial charge < -0.3 is 15.2 Å². The van der Waals surface area contributed by atoms with E-state index in [0.29, 0.717) is 31.2 Å². The summed E-state index contributed by atoms with van der Waals surface area (Å²) in [6.07, 6.45) is 1.65. The number of aryl methyl sites for hydroxylation is 1. The lowest BCUT2D eigenvalue weighted by Gasteiger charge is -2.26. The second-order valence-corrected chi connectivity index (χ2v) is 8.34. The predicted octanol–water partition coefficient (Wildman–Crippen LogP) is 4.69. The summed E-state index contributed by atoms with van der Waals surface area (Å²) in [5, 5.41) is 11.7. The SMILES string of the molecule is Cc1ccc(C(=O)NCCCC(=O)c2c(F)cc(OC3CCC(C(=O)O)CC3)cc2F)cc1. The van der Waals surface area contributed by atoms with Crippen LogP contribution in [-0.2, 0) is 4.79 Å². The standard InChI is InChI=1S/C25H27F2NO5/c1-15-4-6-16(7-5-15)24(30)28-12-2-3-22(29)23-20(26)13-19(14-21(23)27)33-18-10-8-17(9-11-18)25(31)32/h4-7,13-14,17-18H,2-3,8-12H2,1H3,(H,28,30)(H,31,32). The van der Waals surface area contributed by atoms with E-state index in [-0.39, 0.29) is 37.1 Å². The second kappa shape index (κ2) is 11.0. The predicted molar refractivity (Wildman–Crippen MR) is 117 cm³/mol. The number of carboxylic acids is 1. The van der Waals surface area contributed by atoms with Gasteiger partial charge in [0.05, 0.1) is 17.6 Å². The number of nitrogens with one attached hydrogen (secondary N) is 1. The molecular formula is C25H27F2NO5. The van der Waals surface area contributed by atoms with E-state index in [4.69, 9.17) is 9.84 Å². The zero-order valence-corrected chi connectivity index (χ0v) is 18.4. The van der Waals surface area contributed by atoms with Gasteiger partial charge in [-0.15, -0.1) is 0 Å². The van der Waals surface area contributed by atoms with Crippen LogP contribution in [0, 0.1) is 24.5 Å². The third kappa shape index (κ3) is 6.60. The maximum absolute atomic E-state index is 14.5. The number of ether oxygens (including phenoxy) is 1. The van der Waals surface area contributed by atoms with Crippen LogP contribution in [-0.4, -0.2) is 35.4 Å². The van der Waals surface area contributed by atoms with Crippen molar-refractivity contribution in [3.05, 3.63) is 64.7 Å². The smallest absolute Gasteiger partial charge is 0.306 e. The maximum Gasteiger partial charge on any atom is 0.306 e. The fourth-order valence-electron chi connectivity index (χ4n) is 3.89. The molecule has 2 N–H and O–H groups in total. The Kier molecular flexibility index (Phi) is 8.14. The van der Waals surface area contributed by atoms with Crippen LogP contribution in [0.2, 0.25) is 0 Å². The summed E-state index contributed by atoms with van der Waals surface area (Å²) in [6.45, 7) is 2.11. The number of amides is 1. The number of rotatable bonds is 9. The summed E-state index contributed by atoms with van der Waals surface area (Å²) in [5.41, 5.74) is 0.904. The van der Waals surface area contributed by atoms with E-state index in [1.165, 1.54) is 0 Å². The molecule has 0 heterocycles. The summed E-state index contributed by atoms with van der Waals surface area (Å²) < 4.78 is 34.6. The molecule has 0 aromatic heterocycles. The van der Waals surface area contributed by atoms with E-state index in [1.54, 1.807) is 12.1 Å². The quantitative estimate of drug-likeness (QED) is 0.419. The fourth-order valence-corrected chi connectivity index (χ4v) is 3.89. The molecular weight excluding hydrogens is 432 g/mol. The van der Waals surface area contributed by atoms with Gasteiger partial charge in [-0.05, 0) is 51.2 Å². The van der Waals surface area contributed by atoms with Crippen molar-refractivity contribution in [2.45, 2.75) is 51.6 Å². The first kappa shape index (κ1) is 24.4. The Labute approximate surface area is 191 Å². The summed E-state index contributed by atoms with van der Waals surface area (Å²) >= 11 is 0. The Hall–Kier alpha value is -3.29. The van der Waals surface area contributed by atoms with Crippen molar-refractivity contribution in [3.63, 3.8) is 0 Å². The van der Waals surface area contributed by atoms with Crippen molar-refractivity contribution in [2.24, 2.45) is 5.92 Å². The molecule has 1 aliphatic carbocycles. The van der Waals surface area contributed by atoms with E-state index in [2.05, 4.69) is 5.32 Å². The maximum atomic E-state index is 14.5. The highest BCUT2D eigenvalue weighted by Gasteiger charge is 2.27. The molecule has 1 fully saturated rings. The van der Waals surface area contributed by atoms with Crippen molar-refractivity contribution in [3.8, 4) is 5.75 Å². The minimum atomic E-state index is -1.00. The number of hydrogen-bond donors (Lipinski definition) is 2. The highest BCUT2D eigenvalue weighted by Crippen LogP contribution is 2.29. The Bertz CT molecular complexity index is 991. The van der Waals surface area contributed by atoms with Crippen LogP contribution < -0.4 is 10.1 Å². The van der Waals surface area contributed by atoms with E-state index in [0.717, 1.165) is 17.7 Å². The third-order valence-corrected chi connectivity index (χ3v) is 5.80. The molecule has 3 rings (SSSR count). The van der Waals surface area contributed by atoms with Gasteiger partial charge in [-0.3, -0.25) is 14.4 Å². The highest BCUT2D eigenvalue weighted by atomic mass is 19.1. The zero-order valence-electron chi connectivity index (χ0n) is 18.4. The van der Waals surface area contributed by atoms with Crippen molar-refractivity contribution < 1.29 is 33.0 Å². The van der Waals surface area contributed by atoms with E-state index < -0.39 is 34.9 Å². The van der Waals surface area contributed by atoms with Crippen LogP contribution in [0.5, 0.6) is 5.75 Å². The molecule has 33 heavy (non-hydrogen) atoms. The fraction of sp³-hybridized carbons (Fsp3) is 0.400. The van der Waals surface area contributed by atoms with Gasteiger partial charge in [0.1, 0.15) is 17.4 Å². The lowest BCUT2D eigenvalue weighted by atomic mass is 9.87. The van der Waals surface area contributed by atoms with Crippen molar-refractivity contribution in [2.75, 3.05) is 6.54 Å². The molecule has 2 aromatic rings.